The summed E-state index contributed by atoms with van der Waals surface area (Å²) in [5.41, 5.74) is 0.662. The van der Waals surface area contributed by atoms with E-state index in [4.69, 9.17) is 5.11 Å². The summed E-state index contributed by atoms with van der Waals surface area (Å²) in [7, 11) is 0. The van der Waals surface area contributed by atoms with E-state index in [0.29, 0.717) is 10.8 Å². The molecule has 1 aliphatic carbocycles. The summed E-state index contributed by atoms with van der Waals surface area (Å²) in [6.45, 7) is -0.0873. The third-order valence-electron chi connectivity index (χ3n) is 2.72. The van der Waals surface area contributed by atoms with Crippen molar-refractivity contribution in [1.82, 2.24) is 0 Å². The molecule has 1 aliphatic rings. The summed E-state index contributed by atoms with van der Waals surface area (Å²) in [4.78, 5) is 0.950. The Morgan fingerprint density at radius 1 is 1.27 bits per heavy atom. The topological polar surface area (TPSA) is 20.2 Å². The Balaban J connectivity index is 2.09. The van der Waals surface area contributed by atoms with Gasteiger partial charge < -0.3 is 5.11 Å². The molecule has 1 saturated carbocycles. The molecule has 1 N–H and O–H groups in total. The highest BCUT2D eigenvalue weighted by Crippen LogP contribution is 2.35. The van der Waals surface area contributed by atoms with Gasteiger partial charge in [-0.25, -0.2) is 4.39 Å². The van der Waals surface area contributed by atoms with Gasteiger partial charge in [0.25, 0.3) is 0 Å². The number of halogens is 1. The van der Waals surface area contributed by atoms with Gasteiger partial charge in [0.05, 0.1) is 6.61 Å². The molecule has 0 heterocycles. The Labute approximate surface area is 93.7 Å². The molecule has 1 aromatic rings. The SMILES string of the molecule is OCc1cc(F)cc(SC2CCCC2)c1. The molecule has 0 atom stereocenters. The van der Waals surface area contributed by atoms with E-state index < -0.39 is 0 Å². The molecule has 0 saturated heterocycles. The molecule has 2 rings (SSSR count). The van der Waals surface area contributed by atoms with Gasteiger partial charge in [0, 0.05) is 10.1 Å². The van der Waals surface area contributed by atoms with Crippen LogP contribution < -0.4 is 0 Å². The average molecular weight is 226 g/mol. The lowest BCUT2D eigenvalue weighted by molar-refractivity contribution is 0.281. The quantitative estimate of drug-likeness (QED) is 0.853. The minimum absolute atomic E-state index is 0.0873. The highest BCUT2D eigenvalue weighted by Gasteiger charge is 2.16. The van der Waals surface area contributed by atoms with E-state index >= 15 is 0 Å². The third-order valence-corrected chi connectivity index (χ3v) is 4.03. The summed E-state index contributed by atoms with van der Waals surface area (Å²) in [6.07, 6.45) is 5.05. The third kappa shape index (κ3) is 2.95. The van der Waals surface area contributed by atoms with Crippen LogP contribution in [0.5, 0.6) is 0 Å². The monoisotopic (exact) mass is 226 g/mol. The van der Waals surface area contributed by atoms with E-state index in [0.717, 1.165) is 4.90 Å². The van der Waals surface area contributed by atoms with Gasteiger partial charge in [0.2, 0.25) is 0 Å². The molecular formula is C12H15FOS. The molecule has 1 aromatic carbocycles. The van der Waals surface area contributed by atoms with Crippen molar-refractivity contribution in [2.45, 2.75) is 42.4 Å². The molecule has 0 aromatic heterocycles. The predicted molar refractivity (Wildman–Crippen MR) is 60.4 cm³/mol. The molecule has 0 aliphatic heterocycles. The number of benzene rings is 1. The van der Waals surface area contributed by atoms with Crippen LogP contribution in [0.4, 0.5) is 4.39 Å². The summed E-state index contributed by atoms with van der Waals surface area (Å²) in [5.74, 6) is -0.248. The summed E-state index contributed by atoms with van der Waals surface area (Å²) >= 11 is 1.74. The fourth-order valence-electron chi connectivity index (χ4n) is 1.98. The van der Waals surface area contributed by atoms with Gasteiger partial charge in [-0.15, -0.1) is 11.8 Å². The Bertz CT molecular complexity index is 334. The lowest BCUT2D eigenvalue weighted by Gasteiger charge is -2.09. The zero-order valence-corrected chi connectivity index (χ0v) is 9.39. The van der Waals surface area contributed by atoms with Crippen molar-refractivity contribution in [1.29, 1.82) is 0 Å². The number of aliphatic hydroxyl groups is 1. The van der Waals surface area contributed by atoms with Gasteiger partial charge in [-0.2, -0.15) is 0 Å². The van der Waals surface area contributed by atoms with Gasteiger partial charge in [-0.05, 0) is 36.6 Å². The van der Waals surface area contributed by atoms with Crippen LogP contribution in [-0.2, 0) is 6.61 Å². The number of hydrogen-bond donors (Lipinski definition) is 1. The van der Waals surface area contributed by atoms with E-state index in [1.807, 2.05) is 6.07 Å². The van der Waals surface area contributed by atoms with Crippen LogP contribution in [0.15, 0.2) is 23.1 Å². The van der Waals surface area contributed by atoms with E-state index in [-0.39, 0.29) is 12.4 Å². The van der Waals surface area contributed by atoms with Crippen molar-refractivity contribution in [3.63, 3.8) is 0 Å². The summed E-state index contributed by atoms with van der Waals surface area (Å²) in [6, 6.07) is 4.83. The number of thioether (sulfide) groups is 1. The first kappa shape index (κ1) is 11.0. The van der Waals surface area contributed by atoms with Crippen LogP contribution in [0.2, 0.25) is 0 Å². The zero-order chi connectivity index (χ0) is 10.7. The largest absolute Gasteiger partial charge is 0.392 e. The molecule has 1 nitrogen and oxygen atoms in total. The van der Waals surface area contributed by atoms with Gasteiger partial charge in [0.1, 0.15) is 5.82 Å². The Kier molecular flexibility index (Phi) is 3.65. The molecule has 0 spiro atoms. The fraction of sp³-hybridized carbons (Fsp3) is 0.500. The van der Waals surface area contributed by atoms with E-state index in [9.17, 15) is 4.39 Å². The maximum atomic E-state index is 13.2. The Morgan fingerprint density at radius 2 is 2.00 bits per heavy atom. The zero-order valence-electron chi connectivity index (χ0n) is 8.58. The van der Waals surface area contributed by atoms with Crippen molar-refractivity contribution >= 4 is 11.8 Å². The van der Waals surface area contributed by atoms with Crippen LogP contribution >= 0.6 is 11.8 Å². The first-order chi connectivity index (χ1) is 7.28. The lowest BCUT2D eigenvalue weighted by atomic mass is 10.2. The van der Waals surface area contributed by atoms with Crippen LogP contribution in [-0.4, -0.2) is 10.4 Å². The van der Waals surface area contributed by atoms with Crippen LogP contribution in [0.25, 0.3) is 0 Å². The Morgan fingerprint density at radius 3 is 2.67 bits per heavy atom. The summed E-state index contributed by atoms with van der Waals surface area (Å²) in [5, 5.41) is 9.61. The van der Waals surface area contributed by atoms with E-state index in [1.165, 1.54) is 31.7 Å². The van der Waals surface area contributed by atoms with Crippen molar-refractivity contribution in [3.8, 4) is 0 Å². The van der Waals surface area contributed by atoms with Crippen molar-refractivity contribution < 1.29 is 9.50 Å². The minimum Gasteiger partial charge on any atom is -0.392 e. The van der Waals surface area contributed by atoms with E-state index in [2.05, 4.69) is 0 Å². The number of rotatable bonds is 3. The van der Waals surface area contributed by atoms with E-state index in [1.54, 1.807) is 17.8 Å². The fourth-order valence-corrected chi connectivity index (χ4v) is 3.33. The molecule has 0 unspecified atom stereocenters. The van der Waals surface area contributed by atoms with Crippen LogP contribution in [0.1, 0.15) is 31.2 Å². The smallest absolute Gasteiger partial charge is 0.124 e. The minimum atomic E-state index is -0.248. The van der Waals surface area contributed by atoms with Gasteiger partial charge in [0.15, 0.2) is 0 Å². The van der Waals surface area contributed by atoms with Gasteiger partial charge in [-0.3, -0.25) is 0 Å². The first-order valence-corrected chi connectivity index (χ1v) is 6.23. The molecule has 3 heteroatoms. The molecule has 15 heavy (non-hydrogen) atoms. The second-order valence-electron chi connectivity index (χ2n) is 3.98. The lowest BCUT2D eigenvalue weighted by Crippen LogP contribution is -1.94. The first-order valence-electron chi connectivity index (χ1n) is 5.35. The molecule has 82 valence electrons. The van der Waals surface area contributed by atoms with Gasteiger partial charge in [-0.1, -0.05) is 12.8 Å². The molecule has 0 radical (unpaired) electrons. The maximum Gasteiger partial charge on any atom is 0.124 e. The molecule has 1 fully saturated rings. The normalized spacial score (nSPS) is 17.2. The maximum absolute atomic E-state index is 13.2. The molecule has 0 amide bonds. The van der Waals surface area contributed by atoms with Crippen molar-refractivity contribution in [2.24, 2.45) is 0 Å². The van der Waals surface area contributed by atoms with Crippen LogP contribution in [0.3, 0.4) is 0 Å². The highest BCUT2D eigenvalue weighted by atomic mass is 32.2. The van der Waals surface area contributed by atoms with Crippen molar-refractivity contribution in [3.05, 3.63) is 29.6 Å². The number of aliphatic hydroxyl groups excluding tert-OH is 1. The average Bonchev–Trinajstić information content (AvgIpc) is 2.69. The molecule has 0 bridgehead atoms. The second kappa shape index (κ2) is 4.99. The second-order valence-corrected chi connectivity index (χ2v) is 5.35. The van der Waals surface area contributed by atoms with Gasteiger partial charge >= 0.3 is 0 Å². The van der Waals surface area contributed by atoms with Crippen molar-refractivity contribution in [2.75, 3.05) is 0 Å². The highest BCUT2D eigenvalue weighted by molar-refractivity contribution is 8.00. The Hall–Kier alpha value is -0.540. The standard InChI is InChI=1S/C12H15FOS/c13-10-5-9(8-14)6-12(7-10)15-11-3-1-2-4-11/h5-7,11,14H,1-4,8H2. The predicted octanol–water partition coefficient (Wildman–Crippen LogP) is 3.35. The number of hydrogen-bond acceptors (Lipinski definition) is 2. The molecular weight excluding hydrogens is 211 g/mol. The van der Waals surface area contributed by atoms with Crippen LogP contribution in [0, 0.1) is 5.82 Å². The summed E-state index contributed by atoms with van der Waals surface area (Å²) < 4.78 is 13.2.